The average molecular weight is 335 g/mol. The first kappa shape index (κ1) is 16.0. The maximum Gasteiger partial charge on any atom is 0.269 e. The van der Waals surface area contributed by atoms with Crippen molar-refractivity contribution < 1.29 is 4.79 Å². The summed E-state index contributed by atoms with van der Waals surface area (Å²) in [4.78, 5) is 12.2. The largest absolute Gasteiger partial charge is 0.357 e. The van der Waals surface area contributed by atoms with Gasteiger partial charge in [0, 0.05) is 12.1 Å². The van der Waals surface area contributed by atoms with Gasteiger partial charge in [-0.2, -0.15) is 0 Å². The van der Waals surface area contributed by atoms with Crippen molar-refractivity contribution in [3.05, 3.63) is 83.9 Å². The molecule has 0 saturated heterocycles. The summed E-state index contributed by atoms with van der Waals surface area (Å²) in [6.07, 6.45) is 0. The quantitative estimate of drug-likeness (QED) is 0.508. The van der Waals surface area contributed by atoms with Crippen molar-refractivity contribution in [2.75, 3.05) is 0 Å². The molecule has 0 heterocycles. The van der Waals surface area contributed by atoms with E-state index in [0.29, 0.717) is 17.2 Å². The van der Waals surface area contributed by atoms with E-state index in [9.17, 15) is 4.79 Å². The van der Waals surface area contributed by atoms with E-state index < -0.39 is 0 Å². The topological polar surface area (TPSA) is 53.2 Å². The molecule has 0 aromatic heterocycles. The molecule has 0 radical (unpaired) electrons. The first-order valence-electron chi connectivity index (χ1n) is 7.59. The zero-order valence-electron chi connectivity index (χ0n) is 13.0. The summed E-state index contributed by atoms with van der Waals surface area (Å²) in [6.45, 7) is 0.596. The third-order valence-electron chi connectivity index (χ3n) is 3.60. The molecule has 0 atom stereocenters. The molecule has 4 nitrogen and oxygen atoms in total. The van der Waals surface area contributed by atoms with Gasteiger partial charge in [0.2, 0.25) is 0 Å². The van der Waals surface area contributed by atoms with Crippen LogP contribution < -0.4 is 16.2 Å². The van der Waals surface area contributed by atoms with E-state index in [2.05, 4.69) is 16.2 Å². The second-order valence-corrected chi connectivity index (χ2v) is 5.72. The maximum atomic E-state index is 12.2. The first-order valence-corrected chi connectivity index (χ1v) is 8.00. The summed E-state index contributed by atoms with van der Waals surface area (Å²) in [5, 5.41) is 5.53. The van der Waals surface area contributed by atoms with E-state index in [4.69, 9.17) is 12.2 Å². The summed E-state index contributed by atoms with van der Waals surface area (Å²) in [5.41, 5.74) is 7.02. The minimum atomic E-state index is -0.232. The van der Waals surface area contributed by atoms with Crippen LogP contribution >= 0.6 is 12.2 Å². The van der Waals surface area contributed by atoms with Crippen LogP contribution in [-0.2, 0) is 6.54 Å². The highest BCUT2D eigenvalue weighted by Gasteiger charge is 2.06. The number of benzene rings is 3. The van der Waals surface area contributed by atoms with Gasteiger partial charge in [-0.3, -0.25) is 15.6 Å². The zero-order chi connectivity index (χ0) is 16.8. The number of nitrogens with one attached hydrogen (secondary N) is 3. The molecule has 0 aliphatic heterocycles. The number of rotatable bonds is 3. The SMILES string of the molecule is O=C(NNC(=S)NCc1ccccc1)c1ccc2ccccc2c1. The van der Waals surface area contributed by atoms with Gasteiger partial charge in [-0.1, -0.05) is 60.7 Å². The van der Waals surface area contributed by atoms with Gasteiger partial charge in [-0.15, -0.1) is 0 Å². The Morgan fingerprint density at radius 2 is 1.54 bits per heavy atom. The minimum Gasteiger partial charge on any atom is -0.357 e. The molecule has 24 heavy (non-hydrogen) atoms. The molecule has 0 saturated carbocycles. The summed E-state index contributed by atoms with van der Waals surface area (Å²) in [5.74, 6) is -0.232. The molecular formula is C19H17N3OS. The highest BCUT2D eigenvalue weighted by Crippen LogP contribution is 2.15. The number of hydrogen-bond acceptors (Lipinski definition) is 2. The highest BCUT2D eigenvalue weighted by atomic mass is 32.1. The van der Waals surface area contributed by atoms with Crippen LogP contribution in [-0.4, -0.2) is 11.0 Å². The van der Waals surface area contributed by atoms with Crippen molar-refractivity contribution in [1.82, 2.24) is 16.2 Å². The van der Waals surface area contributed by atoms with E-state index in [1.54, 1.807) is 6.07 Å². The Morgan fingerprint density at radius 1 is 0.833 bits per heavy atom. The number of hydrazine groups is 1. The van der Waals surface area contributed by atoms with Crippen molar-refractivity contribution in [2.45, 2.75) is 6.54 Å². The van der Waals surface area contributed by atoms with Gasteiger partial charge in [-0.05, 0) is 40.7 Å². The van der Waals surface area contributed by atoms with Crippen LogP contribution in [0.4, 0.5) is 0 Å². The van der Waals surface area contributed by atoms with Gasteiger partial charge in [0.1, 0.15) is 0 Å². The number of fused-ring (bicyclic) bond motifs is 1. The summed E-state index contributed by atoms with van der Waals surface area (Å²) >= 11 is 5.16. The standard InChI is InChI=1S/C19H17N3OS/c23-18(17-11-10-15-8-4-5-9-16(15)12-17)21-22-19(24)20-13-14-6-2-1-3-7-14/h1-12H,13H2,(H,21,23)(H2,20,22,24). The third-order valence-corrected chi connectivity index (χ3v) is 3.84. The number of hydrogen-bond donors (Lipinski definition) is 3. The Bertz CT molecular complexity index is 865. The normalized spacial score (nSPS) is 10.2. The van der Waals surface area contributed by atoms with E-state index in [-0.39, 0.29) is 5.91 Å². The molecule has 3 aromatic carbocycles. The monoisotopic (exact) mass is 335 g/mol. The first-order chi connectivity index (χ1) is 11.7. The van der Waals surface area contributed by atoms with Crippen LogP contribution in [0.3, 0.4) is 0 Å². The molecular weight excluding hydrogens is 318 g/mol. The Kier molecular flexibility index (Phi) is 5.03. The third kappa shape index (κ3) is 4.08. The smallest absolute Gasteiger partial charge is 0.269 e. The Labute approximate surface area is 145 Å². The second kappa shape index (κ2) is 7.57. The number of amides is 1. The fraction of sp³-hybridized carbons (Fsp3) is 0.0526. The number of carbonyl (C=O) groups excluding carboxylic acids is 1. The van der Waals surface area contributed by atoms with Gasteiger partial charge in [0.05, 0.1) is 0 Å². The van der Waals surface area contributed by atoms with E-state index in [1.807, 2.05) is 66.7 Å². The molecule has 3 N–H and O–H groups in total. The minimum absolute atomic E-state index is 0.232. The van der Waals surface area contributed by atoms with Crippen LogP contribution in [0, 0.1) is 0 Å². The molecule has 0 bridgehead atoms. The molecule has 3 aromatic rings. The Hall–Kier alpha value is -2.92. The predicted molar refractivity (Wildman–Crippen MR) is 100 cm³/mol. The van der Waals surface area contributed by atoms with Crippen molar-refractivity contribution >= 4 is 34.0 Å². The van der Waals surface area contributed by atoms with Crippen molar-refractivity contribution in [3.8, 4) is 0 Å². The average Bonchev–Trinajstić information content (AvgIpc) is 2.65. The lowest BCUT2D eigenvalue weighted by atomic mass is 10.1. The second-order valence-electron chi connectivity index (χ2n) is 5.31. The predicted octanol–water partition coefficient (Wildman–Crippen LogP) is 3.15. The summed E-state index contributed by atoms with van der Waals surface area (Å²) in [6, 6.07) is 23.4. The van der Waals surface area contributed by atoms with Crippen LogP contribution in [0.5, 0.6) is 0 Å². The van der Waals surface area contributed by atoms with Crippen molar-refractivity contribution in [1.29, 1.82) is 0 Å². The van der Waals surface area contributed by atoms with Crippen molar-refractivity contribution in [2.24, 2.45) is 0 Å². The number of thiocarbonyl (C=S) groups is 1. The molecule has 1 amide bonds. The molecule has 3 rings (SSSR count). The molecule has 0 aliphatic carbocycles. The van der Waals surface area contributed by atoms with Gasteiger partial charge in [-0.25, -0.2) is 0 Å². The summed E-state index contributed by atoms with van der Waals surface area (Å²) < 4.78 is 0. The maximum absolute atomic E-state index is 12.2. The fourth-order valence-electron chi connectivity index (χ4n) is 2.34. The van der Waals surface area contributed by atoms with Crippen LogP contribution in [0.1, 0.15) is 15.9 Å². The molecule has 120 valence electrons. The molecule has 0 spiro atoms. The van der Waals surface area contributed by atoms with E-state index in [1.165, 1.54) is 0 Å². The lowest BCUT2D eigenvalue weighted by Crippen LogP contribution is -2.46. The van der Waals surface area contributed by atoms with Crippen LogP contribution in [0.15, 0.2) is 72.8 Å². The highest BCUT2D eigenvalue weighted by molar-refractivity contribution is 7.80. The molecule has 5 heteroatoms. The zero-order valence-corrected chi connectivity index (χ0v) is 13.8. The van der Waals surface area contributed by atoms with Gasteiger partial charge in [0.25, 0.3) is 5.91 Å². The van der Waals surface area contributed by atoms with Gasteiger partial charge >= 0.3 is 0 Å². The van der Waals surface area contributed by atoms with Crippen LogP contribution in [0.2, 0.25) is 0 Å². The van der Waals surface area contributed by atoms with Gasteiger partial charge < -0.3 is 5.32 Å². The van der Waals surface area contributed by atoms with Crippen LogP contribution in [0.25, 0.3) is 10.8 Å². The Balaban J connectivity index is 1.53. The fourth-order valence-corrected chi connectivity index (χ4v) is 2.46. The molecule has 0 fully saturated rings. The van der Waals surface area contributed by atoms with Gasteiger partial charge in [0.15, 0.2) is 5.11 Å². The van der Waals surface area contributed by atoms with E-state index >= 15 is 0 Å². The lowest BCUT2D eigenvalue weighted by Gasteiger charge is -2.12. The lowest BCUT2D eigenvalue weighted by molar-refractivity contribution is 0.0944. The van der Waals surface area contributed by atoms with Crippen molar-refractivity contribution in [3.63, 3.8) is 0 Å². The molecule has 0 aliphatic rings. The number of carbonyl (C=O) groups is 1. The summed E-state index contributed by atoms with van der Waals surface area (Å²) in [7, 11) is 0. The molecule has 0 unspecified atom stereocenters. The van der Waals surface area contributed by atoms with E-state index in [0.717, 1.165) is 16.3 Å². The Morgan fingerprint density at radius 3 is 2.33 bits per heavy atom.